The number of thioether (sulfide) groups is 1. The molecule has 8 heteroatoms. The number of nitrogens with zero attached hydrogens (tertiary/aromatic N) is 2. The minimum Gasteiger partial charge on any atom is -0.292 e. The maximum absolute atomic E-state index is 12.9. The van der Waals surface area contributed by atoms with Crippen molar-refractivity contribution in [3.05, 3.63) is 55.1 Å². The summed E-state index contributed by atoms with van der Waals surface area (Å²) < 4.78 is 1.55. The second-order valence-corrected chi connectivity index (χ2v) is 9.81. The molecule has 4 aromatic heterocycles. The van der Waals surface area contributed by atoms with Gasteiger partial charge in [-0.1, -0.05) is 24.8 Å². The third-order valence-corrected chi connectivity index (χ3v) is 8.25. The Balaban J connectivity index is 1.62. The molecule has 0 atom stereocenters. The molecule has 4 rings (SSSR count). The molecular formula is C19H16N2O2S4. The van der Waals surface area contributed by atoms with E-state index in [1.165, 1.54) is 39.3 Å². The zero-order valence-electron chi connectivity index (χ0n) is 14.7. The zero-order chi connectivity index (χ0) is 19.0. The van der Waals surface area contributed by atoms with Gasteiger partial charge < -0.3 is 0 Å². The van der Waals surface area contributed by atoms with Gasteiger partial charge in [-0.25, -0.2) is 4.98 Å². The molecule has 0 aliphatic heterocycles. The first kappa shape index (κ1) is 18.6. The lowest BCUT2D eigenvalue weighted by atomic mass is 10.2. The number of thiophene rings is 3. The summed E-state index contributed by atoms with van der Waals surface area (Å²) >= 11 is 5.94. The summed E-state index contributed by atoms with van der Waals surface area (Å²) in [5.41, 5.74) is 0.875. The maximum Gasteiger partial charge on any atom is 0.263 e. The fourth-order valence-corrected chi connectivity index (χ4v) is 6.35. The summed E-state index contributed by atoms with van der Waals surface area (Å²) in [6.45, 7) is 2.08. The first-order chi connectivity index (χ1) is 13.1. The van der Waals surface area contributed by atoms with Gasteiger partial charge in [-0.2, -0.15) is 0 Å². The van der Waals surface area contributed by atoms with Crippen LogP contribution in [-0.2, 0) is 13.5 Å². The Bertz CT molecular complexity index is 1170. The predicted molar refractivity (Wildman–Crippen MR) is 117 cm³/mol. The van der Waals surface area contributed by atoms with Crippen LogP contribution >= 0.6 is 45.8 Å². The van der Waals surface area contributed by atoms with Gasteiger partial charge in [0, 0.05) is 27.7 Å². The topological polar surface area (TPSA) is 52.0 Å². The number of hydrogen-bond acceptors (Lipinski definition) is 7. The fraction of sp³-hybridized carbons (Fsp3) is 0.211. The molecule has 0 bridgehead atoms. The number of carbonyl (C=O) groups is 1. The molecule has 4 heterocycles. The predicted octanol–water partition coefficient (Wildman–Crippen LogP) is 5.32. The third-order valence-electron chi connectivity index (χ3n) is 4.18. The van der Waals surface area contributed by atoms with Gasteiger partial charge in [-0.3, -0.25) is 14.2 Å². The zero-order valence-corrected chi connectivity index (χ0v) is 18.0. The van der Waals surface area contributed by atoms with E-state index in [1.54, 1.807) is 23.0 Å². The minimum atomic E-state index is -0.0657. The molecule has 0 fully saturated rings. The van der Waals surface area contributed by atoms with E-state index in [1.807, 2.05) is 35.0 Å². The summed E-state index contributed by atoms with van der Waals surface area (Å²) in [6.07, 6.45) is 0.933. The highest BCUT2D eigenvalue weighted by molar-refractivity contribution is 7.99. The highest BCUT2D eigenvalue weighted by Crippen LogP contribution is 2.34. The van der Waals surface area contributed by atoms with Crippen LogP contribution in [0.15, 0.2) is 45.0 Å². The van der Waals surface area contributed by atoms with Crippen molar-refractivity contribution in [3.63, 3.8) is 0 Å². The first-order valence-corrected chi connectivity index (χ1v) is 11.9. The number of Topliss-reactive ketones (excluding diaryl/α,β-unsaturated/α-hetero) is 1. The molecule has 0 spiro atoms. The summed E-state index contributed by atoms with van der Waals surface area (Å²) in [5, 5.41) is 5.22. The van der Waals surface area contributed by atoms with Crippen molar-refractivity contribution in [3.8, 4) is 10.4 Å². The van der Waals surface area contributed by atoms with E-state index in [-0.39, 0.29) is 17.1 Å². The van der Waals surface area contributed by atoms with Crippen LogP contribution in [0.25, 0.3) is 20.7 Å². The Kier molecular flexibility index (Phi) is 5.32. The summed E-state index contributed by atoms with van der Waals surface area (Å²) in [4.78, 5) is 33.8. The molecule has 0 aromatic carbocycles. The van der Waals surface area contributed by atoms with Crippen LogP contribution < -0.4 is 5.56 Å². The first-order valence-electron chi connectivity index (χ1n) is 8.35. The normalized spacial score (nSPS) is 11.3. The Hall–Kier alpha value is -1.74. The Morgan fingerprint density at radius 1 is 1.26 bits per heavy atom. The van der Waals surface area contributed by atoms with Crippen LogP contribution in [0.1, 0.15) is 21.5 Å². The van der Waals surface area contributed by atoms with Crippen LogP contribution in [0.3, 0.4) is 0 Å². The van der Waals surface area contributed by atoms with Gasteiger partial charge in [-0.05, 0) is 30.0 Å². The van der Waals surface area contributed by atoms with Crippen LogP contribution in [0.4, 0.5) is 0 Å². The highest BCUT2D eigenvalue weighted by Gasteiger charge is 2.17. The summed E-state index contributed by atoms with van der Waals surface area (Å²) in [5.74, 6) is 0.350. The SMILES string of the molecule is CCc1ccc(C(=O)CSc2nc3scc(-c4cccs4)c3c(=O)n2C)s1. The van der Waals surface area contributed by atoms with E-state index >= 15 is 0 Å². The molecule has 0 N–H and O–H groups in total. The third kappa shape index (κ3) is 3.54. The van der Waals surface area contributed by atoms with Crippen molar-refractivity contribution in [2.24, 2.45) is 7.05 Å². The lowest BCUT2D eigenvalue weighted by Crippen LogP contribution is -2.20. The molecule has 0 aliphatic rings. The summed E-state index contributed by atoms with van der Waals surface area (Å²) in [6, 6.07) is 7.87. The van der Waals surface area contributed by atoms with Gasteiger partial charge in [0.1, 0.15) is 4.83 Å². The minimum absolute atomic E-state index is 0.0657. The molecule has 138 valence electrons. The van der Waals surface area contributed by atoms with Crippen LogP contribution in [0, 0.1) is 0 Å². The van der Waals surface area contributed by atoms with Gasteiger partial charge in [0.05, 0.1) is 16.0 Å². The van der Waals surface area contributed by atoms with E-state index in [4.69, 9.17) is 0 Å². The lowest BCUT2D eigenvalue weighted by Gasteiger charge is -2.07. The lowest BCUT2D eigenvalue weighted by molar-refractivity contribution is 0.102. The number of aryl methyl sites for hydroxylation is 1. The van der Waals surface area contributed by atoms with Gasteiger partial charge in [0.15, 0.2) is 10.9 Å². The van der Waals surface area contributed by atoms with E-state index in [9.17, 15) is 9.59 Å². The van der Waals surface area contributed by atoms with Gasteiger partial charge in [0.25, 0.3) is 5.56 Å². The molecule has 0 aliphatic carbocycles. The Labute approximate surface area is 172 Å². The molecule has 4 nitrogen and oxygen atoms in total. The average molecular weight is 433 g/mol. The second-order valence-electron chi connectivity index (χ2n) is 5.90. The van der Waals surface area contributed by atoms with E-state index in [2.05, 4.69) is 11.9 Å². The van der Waals surface area contributed by atoms with Crippen LogP contribution in [0.2, 0.25) is 0 Å². The van der Waals surface area contributed by atoms with Crippen LogP contribution in [0.5, 0.6) is 0 Å². The van der Waals surface area contributed by atoms with Gasteiger partial charge >= 0.3 is 0 Å². The number of ketones is 1. The van der Waals surface area contributed by atoms with Crippen molar-refractivity contribution in [2.45, 2.75) is 18.5 Å². The molecule has 0 saturated heterocycles. The van der Waals surface area contributed by atoms with Gasteiger partial charge in [-0.15, -0.1) is 34.0 Å². The Morgan fingerprint density at radius 2 is 2.11 bits per heavy atom. The molecule has 27 heavy (non-hydrogen) atoms. The van der Waals surface area contributed by atoms with Crippen molar-refractivity contribution >= 4 is 61.8 Å². The van der Waals surface area contributed by atoms with E-state index < -0.39 is 0 Å². The van der Waals surface area contributed by atoms with Gasteiger partial charge in [0.2, 0.25) is 0 Å². The molecule has 0 radical (unpaired) electrons. The maximum atomic E-state index is 12.9. The largest absolute Gasteiger partial charge is 0.292 e. The van der Waals surface area contributed by atoms with Crippen molar-refractivity contribution in [1.82, 2.24) is 9.55 Å². The van der Waals surface area contributed by atoms with Crippen molar-refractivity contribution < 1.29 is 4.79 Å². The molecule has 0 amide bonds. The van der Waals surface area contributed by atoms with E-state index in [0.29, 0.717) is 10.5 Å². The van der Waals surface area contributed by atoms with Crippen molar-refractivity contribution in [2.75, 3.05) is 5.75 Å². The number of carbonyl (C=O) groups excluding carboxylic acids is 1. The standard InChI is InChI=1S/C19H16N2O2S4/c1-3-11-6-7-15(27-11)13(22)10-26-19-20-17-16(18(23)21(19)2)12(9-25-17)14-5-4-8-24-14/h4-9H,3,10H2,1-2H3. The number of hydrogen-bond donors (Lipinski definition) is 0. The molecular weight excluding hydrogens is 416 g/mol. The molecule has 0 unspecified atom stereocenters. The number of fused-ring (bicyclic) bond motifs is 1. The van der Waals surface area contributed by atoms with Crippen LogP contribution in [-0.4, -0.2) is 21.1 Å². The van der Waals surface area contributed by atoms with E-state index in [0.717, 1.165) is 26.6 Å². The Morgan fingerprint density at radius 3 is 2.81 bits per heavy atom. The monoisotopic (exact) mass is 432 g/mol. The smallest absolute Gasteiger partial charge is 0.263 e. The molecule has 4 aromatic rings. The highest BCUT2D eigenvalue weighted by atomic mass is 32.2. The number of rotatable bonds is 6. The fourth-order valence-electron chi connectivity index (χ4n) is 2.71. The second kappa shape index (κ2) is 7.71. The summed E-state index contributed by atoms with van der Waals surface area (Å²) in [7, 11) is 1.72. The quantitative estimate of drug-likeness (QED) is 0.235. The van der Waals surface area contributed by atoms with Crippen molar-refractivity contribution in [1.29, 1.82) is 0 Å². The number of aromatic nitrogens is 2. The molecule has 0 saturated carbocycles. The average Bonchev–Trinajstić information content (AvgIpc) is 3.42.